The highest BCUT2D eigenvalue weighted by Crippen LogP contribution is 2.11. The average Bonchev–Trinajstić information content (AvgIpc) is 2.17. The van der Waals surface area contributed by atoms with Gasteiger partial charge >= 0.3 is 0 Å². The number of ether oxygens (including phenoxy) is 1. The maximum Gasteiger partial charge on any atom is 0.0926 e. The molecule has 1 rings (SSSR count). The third-order valence-corrected chi connectivity index (χ3v) is 3.03. The second kappa shape index (κ2) is 6.16. The second-order valence-corrected chi connectivity index (χ2v) is 5.22. The van der Waals surface area contributed by atoms with E-state index in [0.29, 0.717) is 12.5 Å². The molecule has 0 aliphatic carbocycles. The first-order valence-electron chi connectivity index (χ1n) is 5.06. The van der Waals surface area contributed by atoms with Crippen LogP contribution < -0.4 is 5.73 Å². The molecule has 0 saturated carbocycles. The van der Waals surface area contributed by atoms with Crippen molar-refractivity contribution in [1.82, 2.24) is 0 Å². The maximum atomic E-state index is 5.85. The number of hydrogen-bond donors (Lipinski definition) is 1. The van der Waals surface area contributed by atoms with Crippen LogP contribution in [0.1, 0.15) is 19.4 Å². The Labute approximate surface area is 96.2 Å². The van der Waals surface area contributed by atoms with Gasteiger partial charge in [-0.15, -0.1) is 11.8 Å². The molecule has 0 saturated heterocycles. The van der Waals surface area contributed by atoms with Crippen LogP contribution in [0.15, 0.2) is 30.3 Å². The summed E-state index contributed by atoms with van der Waals surface area (Å²) >= 11 is 1.73. The molecule has 0 spiro atoms. The van der Waals surface area contributed by atoms with Crippen LogP contribution in [0.2, 0.25) is 0 Å². The lowest BCUT2D eigenvalue weighted by atomic mass is 10.1. The van der Waals surface area contributed by atoms with Crippen molar-refractivity contribution in [2.24, 2.45) is 5.73 Å². The monoisotopic (exact) mass is 225 g/mol. The van der Waals surface area contributed by atoms with E-state index in [4.69, 9.17) is 10.5 Å². The standard InChI is InChI=1S/C12H19NOS/c1-12(2,13)9-15-10-14-8-11-6-4-3-5-7-11/h3-7H,8-10,13H2,1-2H3. The Morgan fingerprint density at radius 1 is 1.27 bits per heavy atom. The number of rotatable bonds is 6. The number of hydrogen-bond acceptors (Lipinski definition) is 3. The fraction of sp³-hybridized carbons (Fsp3) is 0.500. The topological polar surface area (TPSA) is 35.2 Å². The molecule has 2 nitrogen and oxygen atoms in total. The average molecular weight is 225 g/mol. The Kier molecular flexibility index (Phi) is 5.15. The molecule has 0 bridgehead atoms. The van der Waals surface area contributed by atoms with Crippen molar-refractivity contribution in [2.45, 2.75) is 26.0 Å². The van der Waals surface area contributed by atoms with Gasteiger partial charge < -0.3 is 10.5 Å². The molecule has 0 radical (unpaired) electrons. The van der Waals surface area contributed by atoms with Crippen molar-refractivity contribution in [1.29, 1.82) is 0 Å². The van der Waals surface area contributed by atoms with E-state index < -0.39 is 0 Å². The summed E-state index contributed by atoms with van der Waals surface area (Å²) in [6.45, 7) is 4.73. The highest BCUT2D eigenvalue weighted by Gasteiger charge is 2.09. The minimum atomic E-state index is -0.110. The Morgan fingerprint density at radius 3 is 2.53 bits per heavy atom. The molecule has 0 fully saturated rings. The van der Waals surface area contributed by atoms with Crippen LogP contribution in [0.5, 0.6) is 0 Å². The molecule has 1 aromatic carbocycles. The van der Waals surface area contributed by atoms with Crippen molar-refractivity contribution in [3.63, 3.8) is 0 Å². The first-order chi connectivity index (χ1) is 7.08. The third kappa shape index (κ3) is 6.55. The molecule has 3 heteroatoms. The molecular weight excluding hydrogens is 206 g/mol. The van der Waals surface area contributed by atoms with E-state index in [-0.39, 0.29) is 5.54 Å². The number of benzene rings is 1. The predicted molar refractivity (Wildman–Crippen MR) is 66.8 cm³/mol. The van der Waals surface area contributed by atoms with Crippen molar-refractivity contribution < 1.29 is 4.74 Å². The van der Waals surface area contributed by atoms with Gasteiger partial charge in [0.1, 0.15) is 0 Å². The highest BCUT2D eigenvalue weighted by atomic mass is 32.2. The van der Waals surface area contributed by atoms with Gasteiger partial charge in [0.15, 0.2) is 0 Å². The van der Waals surface area contributed by atoms with Crippen LogP contribution in [0.25, 0.3) is 0 Å². The van der Waals surface area contributed by atoms with Gasteiger partial charge in [-0.2, -0.15) is 0 Å². The molecular formula is C12H19NOS. The summed E-state index contributed by atoms with van der Waals surface area (Å²) in [4.78, 5) is 0. The van der Waals surface area contributed by atoms with Crippen molar-refractivity contribution in [2.75, 3.05) is 11.7 Å². The SMILES string of the molecule is CC(C)(N)CSCOCc1ccccc1. The van der Waals surface area contributed by atoms with E-state index in [1.807, 2.05) is 32.0 Å². The summed E-state index contributed by atoms with van der Waals surface area (Å²) in [7, 11) is 0. The zero-order chi connectivity index (χ0) is 11.1. The molecule has 2 N–H and O–H groups in total. The lowest BCUT2D eigenvalue weighted by molar-refractivity contribution is 0.169. The zero-order valence-electron chi connectivity index (χ0n) is 9.40. The normalized spacial score (nSPS) is 11.7. The van der Waals surface area contributed by atoms with Gasteiger partial charge in [-0.3, -0.25) is 0 Å². The van der Waals surface area contributed by atoms with Crippen LogP contribution in [-0.4, -0.2) is 17.2 Å². The molecule has 0 aliphatic heterocycles. The Hall–Kier alpha value is -0.510. The number of thioether (sulfide) groups is 1. The molecule has 15 heavy (non-hydrogen) atoms. The largest absolute Gasteiger partial charge is 0.366 e. The fourth-order valence-electron chi connectivity index (χ4n) is 1.10. The van der Waals surface area contributed by atoms with Crippen LogP contribution in [0, 0.1) is 0 Å². The predicted octanol–water partition coefficient (Wildman–Crippen LogP) is 2.63. The van der Waals surface area contributed by atoms with Crippen LogP contribution in [0.4, 0.5) is 0 Å². The van der Waals surface area contributed by atoms with E-state index in [1.165, 1.54) is 5.56 Å². The molecule has 0 atom stereocenters. The van der Waals surface area contributed by atoms with E-state index >= 15 is 0 Å². The van der Waals surface area contributed by atoms with Gasteiger partial charge in [-0.05, 0) is 19.4 Å². The summed E-state index contributed by atoms with van der Waals surface area (Å²) in [5.74, 6) is 1.62. The first kappa shape index (κ1) is 12.6. The molecule has 0 amide bonds. The number of nitrogens with two attached hydrogens (primary N) is 1. The Bertz CT molecular complexity index is 269. The molecule has 84 valence electrons. The van der Waals surface area contributed by atoms with E-state index in [0.717, 1.165) is 5.75 Å². The fourth-order valence-corrected chi connectivity index (χ4v) is 1.91. The van der Waals surface area contributed by atoms with Crippen molar-refractivity contribution in [3.05, 3.63) is 35.9 Å². The third-order valence-electron chi connectivity index (χ3n) is 1.75. The van der Waals surface area contributed by atoms with Gasteiger partial charge in [0, 0.05) is 11.3 Å². The van der Waals surface area contributed by atoms with E-state index in [9.17, 15) is 0 Å². The van der Waals surface area contributed by atoms with Gasteiger partial charge in [0.05, 0.1) is 12.5 Å². The minimum Gasteiger partial charge on any atom is -0.366 e. The summed E-state index contributed by atoms with van der Waals surface area (Å²) < 4.78 is 5.52. The summed E-state index contributed by atoms with van der Waals surface area (Å²) in [6.07, 6.45) is 0. The lowest BCUT2D eigenvalue weighted by Crippen LogP contribution is -2.34. The second-order valence-electron chi connectivity index (χ2n) is 4.29. The van der Waals surface area contributed by atoms with Crippen molar-refractivity contribution >= 4 is 11.8 Å². The molecule has 0 heterocycles. The van der Waals surface area contributed by atoms with Crippen molar-refractivity contribution in [3.8, 4) is 0 Å². The van der Waals surface area contributed by atoms with Gasteiger partial charge in [-0.25, -0.2) is 0 Å². The molecule has 0 unspecified atom stereocenters. The lowest BCUT2D eigenvalue weighted by Gasteiger charge is -2.17. The van der Waals surface area contributed by atoms with Crippen LogP contribution in [0.3, 0.4) is 0 Å². The molecule has 0 aliphatic rings. The minimum absolute atomic E-state index is 0.110. The Morgan fingerprint density at radius 2 is 1.93 bits per heavy atom. The maximum absolute atomic E-state index is 5.85. The highest BCUT2D eigenvalue weighted by molar-refractivity contribution is 7.99. The quantitative estimate of drug-likeness (QED) is 0.597. The van der Waals surface area contributed by atoms with Crippen LogP contribution in [-0.2, 0) is 11.3 Å². The van der Waals surface area contributed by atoms with E-state index in [1.54, 1.807) is 11.8 Å². The summed E-state index contributed by atoms with van der Waals surface area (Å²) in [5.41, 5.74) is 6.96. The van der Waals surface area contributed by atoms with Crippen LogP contribution >= 0.6 is 11.8 Å². The molecule has 0 aromatic heterocycles. The summed E-state index contributed by atoms with van der Waals surface area (Å²) in [5, 5.41) is 0. The van der Waals surface area contributed by atoms with Gasteiger partial charge in [-0.1, -0.05) is 30.3 Å². The smallest absolute Gasteiger partial charge is 0.0926 e. The molecule has 1 aromatic rings. The van der Waals surface area contributed by atoms with E-state index in [2.05, 4.69) is 12.1 Å². The van der Waals surface area contributed by atoms with Gasteiger partial charge in [0.25, 0.3) is 0 Å². The first-order valence-corrected chi connectivity index (χ1v) is 6.22. The Balaban J connectivity index is 2.08. The zero-order valence-corrected chi connectivity index (χ0v) is 10.2. The summed E-state index contributed by atoms with van der Waals surface area (Å²) in [6, 6.07) is 10.2. The van der Waals surface area contributed by atoms with Gasteiger partial charge in [0.2, 0.25) is 0 Å².